The van der Waals surface area contributed by atoms with Crippen LogP contribution in [0.2, 0.25) is 0 Å². The van der Waals surface area contributed by atoms with Crippen molar-refractivity contribution >= 4 is 17.0 Å². The molecule has 0 aliphatic rings. The van der Waals surface area contributed by atoms with Crippen LogP contribution in [-0.4, -0.2) is 47.8 Å². The third-order valence-electron chi connectivity index (χ3n) is 4.40. The number of alkyl carbamates (subject to hydrolysis) is 1. The largest absolute Gasteiger partial charge is 0.491 e. The van der Waals surface area contributed by atoms with Crippen molar-refractivity contribution in [2.45, 2.75) is 66.2 Å². The number of aromatic nitrogens is 2. The molecule has 2 aromatic rings. The van der Waals surface area contributed by atoms with Gasteiger partial charge in [-0.1, -0.05) is 32.9 Å². The molecule has 0 saturated heterocycles. The number of fused-ring (bicyclic) bond motifs is 1. The van der Waals surface area contributed by atoms with E-state index in [1.54, 1.807) is 7.11 Å². The third kappa shape index (κ3) is 7.24. The van der Waals surface area contributed by atoms with Crippen molar-refractivity contribution < 1.29 is 19.0 Å². The molecule has 1 aromatic heterocycles. The highest BCUT2D eigenvalue weighted by atomic mass is 16.6. The summed E-state index contributed by atoms with van der Waals surface area (Å²) in [5.74, 6) is 0.754. The third-order valence-corrected chi connectivity index (χ3v) is 4.40. The van der Waals surface area contributed by atoms with Gasteiger partial charge in [-0.15, -0.1) is 0 Å². The first-order chi connectivity index (χ1) is 13.5. The number of carbonyl (C=O) groups excluding carboxylic acids is 1. The zero-order valence-electron chi connectivity index (χ0n) is 18.7. The lowest BCUT2D eigenvalue weighted by atomic mass is 9.87. The van der Waals surface area contributed by atoms with Crippen LogP contribution in [0.3, 0.4) is 0 Å². The minimum absolute atomic E-state index is 0.155. The van der Waals surface area contributed by atoms with Gasteiger partial charge in [0.2, 0.25) is 0 Å². The quantitative estimate of drug-likeness (QED) is 0.659. The molecule has 0 fully saturated rings. The number of methoxy groups -OCH3 is 1. The van der Waals surface area contributed by atoms with E-state index in [9.17, 15) is 4.79 Å². The van der Waals surface area contributed by atoms with E-state index in [0.29, 0.717) is 19.8 Å². The minimum atomic E-state index is -0.540. The predicted octanol–water partition coefficient (Wildman–Crippen LogP) is 4.39. The van der Waals surface area contributed by atoms with Crippen LogP contribution in [0.15, 0.2) is 24.4 Å². The summed E-state index contributed by atoms with van der Waals surface area (Å²) in [6.07, 6.45) is 2.38. The predicted molar refractivity (Wildman–Crippen MR) is 114 cm³/mol. The van der Waals surface area contributed by atoms with Gasteiger partial charge in [-0.05, 0) is 32.3 Å². The average Bonchev–Trinajstić information content (AvgIpc) is 2.99. The standard InChI is InChI=1S/C22H35N3O4/c1-21(2,3)18(23-20(26)29-22(4,5)6)15-25-14-16-10-8-11-17(19(16)24-25)28-13-9-12-27-7/h8,10-11,14,18H,9,12-13,15H2,1-7H3,(H,23,26)/t18-/m0/s1. The Balaban J connectivity index is 2.15. The number of nitrogens with one attached hydrogen (secondary N) is 1. The van der Waals surface area contributed by atoms with Crippen molar-refractivity contribution in [3.05, 3.63) is 24.4 Å². The summed E-state index contributed by atoms with van der Waals surface area (Å²) in [4.78, 5) is 12.3. The van der Waals surface area contributed by atoms with Gasteiger partial charge in [0, 0.05) is 31.7 Å². The Morgan fingerprint density at radius 3 is 2.52 bits per heavy atom. The Kier molecular flexibility index (Phi) is 7.52. The first kappa shape index (κ1) is 23.0. The molecule has 162 valence electrons. The van der Waals surface area contributed by atoms with Crippen molar-refractivity contribution in [2.24, 2.45) is 5.41 Å². The van der Waals surface area contributed by atoms with Gasteiger partial charge < -0.3 is 19.5 Å². The molecule has 2 rings (SSSR count). The van der Waals surface area contributed by atoms with E-state index in [2.05, 4.69) is 26.1 Å². The zero-order chi connectivity index (χ0) is 21.7. The van der Waals surface area contributed by atoms with Gasteiger partial charge in [-0.25, -0.2) is 4.79 Å². The Labute approximate surface area is 173 Å². The van der Waals surface area contributed by atoms with Crippen molar-refractivity contribution in [2.75, 3.05) is 20.3 Å². The van der Waals surface area contributed by atoms with E-state index in [0.717, 1.165) is 23.1 Å². The molecule has 0 saturated carbocycles. The minimum Gasteiger partial charge on any atom is -0.491 e. The molecule has 0 spiro atoms. The molecule has 29 heavy (non-hydrogen) atoms. The summed E-state index contributed by atoms with van der Waals surface area (Å²) in [5.41, 5.74) is 0.103. The maximum absolute atomic E-state index is 12.3. The summed E-state index contributed by atoms with van der Waals surface area (Å²) in [6, 6.07) is 5.74. The maximum Gasteiger partial charge on any atom is 0.407 e. The summed E-state index contributed by atoms with van der Waals surface area (Å²) >= 11 is 0. The van der Waals surface area contributed by atoms with E-state index in [-0.39, 0.29) is 11.5 Å². The van der Waals surface area contributed by atoms with Gasteiger partial charge in [0.1, 0.15) is 16.9 Å². The van der Waals surface area contributed by atoms with E-state index >= 15 is 0 Å². The van der Waals surface area contributed by atoms with Gasteiger partial charge in [-0.2, -0.15) is 5.10 Å². The Morgan fingerprint density at radius 1 is 1.17 bits per heavy atom. The van der Waals surface area contributed by atoms with Crippen LogP contribution in [0.1, 0.15) is 48.0 Å². The summed E-state index contributed by atoms with van der Waals surface area (Å²) < 4.78 is 18.2. The fourth-order valence-corrected chi connectivity index (χ4v) is 2.84. The lowest BCUT2D eigenvalue weighted by Crippen LogP contribution is -2.48. The van der Waals surface area contributed by atoms with Gasteiger partial charge in [-0.3, -0.25) is 4.68 Å². The molecule has 0 unspecified atom stereocenters. The highest BCUT2D eigenvalue weighted by Gasteiger charge is 2.29. The van der Waals surface area contributed by atoms with E-state index < -0.39 is 11.7 Å². The Bertz CT molecular complexity index is 802. The Morgan fingerprint density at radius 2 is 1.90 bits per heavy atom. The molecule has 1 heterocycles. The molecule has 1 atom stereocenters. The van der Waals surface area contributed by atoms with Crippen molar-refractivity contribution in [3.8, 4) is 5.75 Å². The van der Waals surface area contributed by atoms with E-state index in [4.69, 9.17) is 19.3 Å². The van der Waals surface area contributed by atoms with Crippen LogP contribution in [0.5, 0.6) is 5.75 Å². The molecule has 1 aromatic carbocycles. The summed E-state index contributed by atoms with van der Waals surface area (Å²) in [7, 11) is 1.68. The second-order valence-electron chi connectivity index (χ2n) is 9.30. The molecule has 7 heteroatoms. The normalized spacial score (nSPS) is 13.3. The first-order valence-electron chi connectivity index (χ1n) is 10.1. The van der Waals surface area contributed by atoms with E-state index in [1.165, 1.54) is 0 Å². The van der Waals surface area contributed by atoms with Crippen LogP contribution in [0.4, 0.5) is 4.79 Å². The summed E-state index contributed by atoms with van der Waals surface area (Å²) in [5, 5.41) is 8.72. The molecule has 0 radical (unpaired) electrons. The molecule has 1 amide bonds. The highest BCUT2D eigenvalue weighted by molar-refractivity contribution is 5.84. The van der Waals surface area contributed by atoms with Gasteiger partial charge in [0.25, 0.3) is 0 Å². The van der Waals surface area contributed by atoms with Gasteiger partial charge in [0.05, 0.1) is 19.2 Å². The lowest BCUT2D eigenvalue weighted by Gasteiger charge is -2.32. The molecule has 0 bridgehead atoms. The zero-order valence-corrected chi connectivity index (χ0v) is 18.7. The SMILES string of the molecule is COCCCOc1cccc2cn(C[C@H](NC(=O)OC(C)(C)C)C(C)(C)C)nc12. The molecule has 1 N–H and O–H groups in total. The molecule has 0 aliphatic carbocycles. The number of rotatable bonds is 8. The van der Waals surface area contributed by atoms with Crippen LogP contribution < -0.4 is 10.1 Å². The highest BCUT2D eigenvalue weighted by Crippen LogP contribution is 2.26. The number of benzene rings is 1. The number of hydrogen-bond donors (Lipinski definition) is 1. The van der Waals surface area contributed by atoms with Crippen LogP contribution in [0, 0.1) is 5.41 Å². The van der Waals surface area contributed by atoms with Crippen LogP contribution >= 0.6 is 0 Å². The lowest BCUT2D eigenvalue weighted by molar-refractivity contribution is 0.0452. The van der Waals surface area contributed by atoms with Crippen LogP contribution in [-0.2, 0) is 16.0 Å². The van der Waals surface area contributed by atoms with Gasteiger partial charge in [0.15, 0.2) is 0 Å². The molecule has 0 aliphatic heterocycles. The maximum atomic E-state index is 12.3. The van der Waals surface area contributed by atoms with E-state index in [1.807, 2.05) is 49.8 Å². The molecular formula is C22H35N3O4. The van der Waals surface area contributed by atoms with Gasteiger partial charge >= 0.3 is 6.09 Å². The number of hydrogen-bond acceptors (Lipinski definition) is 5. The van der Waals surface area contributed by atoms with Crippen molar-refractivity contribution in [1.82, 2.24) is 15.1 Å². The van der Waals surface area contributed by atoms with Crippen molar-refractivity contribution in [1.29, 1.82) is 0 Å². The first-order valence-corrected chi connectivity index (χ1v) is 10.1. The monoisotopic (exact) mass is 405 g/mol. The second-order valence-corrected chi connectivity index (χ2v) is 9.30. The number of nitrogens with zero attached hydrogens (tertiary/aromatic N) is 2. The summed E-state index contributed by atoms with van der Waals surface area (Å²) in [6.45, 7) is 13.6. The van der Waals surface area contributed by atoms with Crippen molar-refractivity contribution in [3.63, 3.8) is 0 Å². The average molecular weight is 406 g/mol. The topological polar surface area (TPSA) is 74.6 Å². The Hall–Kier alpha value is -2.28. The fourth-order valence-electron chi connectivity index (χ4n) is 2.84. The number of amides is 1. The van der Waals surface area contributed by atoms with Crippen LogP contribution in [0.25, 0.3) is 10.9 Å². The number of ether oxygens (including phenoxy) is 3. The smallest absolute Gasteiger partial charge is 0.407 e. The molecular weight excluding hydrogens is 370 g/mol. The number of carbonyl (C=O) groups is 1. The fraction of sp³-hybridized carbons (Fsp3) is 0.636. The second kappa shape index (κ2) is 9.48. The molecule has 7 nitrogen and oxygen atoms in total.